The van der Waals surface area contributed by atoms with Crippen LogP contribution in [0.2, 0.25) is 5.82 Å². The van der Waals surface area contributed by atoms with Crippen molar-refractivity contribution in [1.29, 1.82) is 0 Å². The second-order valence-electron chi connectivity index (χ2n) is 6.78. The summed E-state index contributed by atoms with van der Waals surface area (Å²) in [7, 11) is 0.175. The molecule has 3 atom stereocenters. The molecule has 1 rings (SSSR count). The van der Waals surface area contributed by atoms with E-state index in [1.165, 1.54) is 7.11 Å². The van der Waals surface area contributed by atoms with E-state index >= 15 is 0 Å². The van der Waals surface area contributed by atoms with Crippen molar-refractivity contribution in [3.63, 3.8) is 0 Å². The second kappa shape index (κ2) is 8.48. The fraction of sp³-hybridized carbons (Fsp3) is 0.929. The number of hydrogen-bond donors (Lipinski definition) is 2. The van der Waals surface area contributed by atoms with Gasteiger partial charge in [0.05, 0.1) is 13.2 Å². The normalized spacial score (nSPS) is 24.0. The molecule has 2 N–H and O–H groups in total. The number of carbonyl (C=O) groups is 1. The zero-order valence-corrected chi connectivity index (χ0v) is 15.5. The van der Waals surface area contributed by atoms with E-state index in [9.17, 15) is 9.36 Å². The Morgan fingerprint density at radius 1 is 1.18 bits per heavy atom. The van der Waals surface area contributed by atoms with Gasteiger partial charge in [-0.3, -0.25) is 4.57 Å². The lowest BCUT2D eigenvalue weighted by molar-refractivity contribution is -0.151. The summed E-state index contributed by atoms with van der Waals surface area (Å²) in [6.07, 6.45) is 2.79. The van der Waals surface area contributed by atoms with E-state index in [0.717, 1.165) is 19.3 Å². The standard InChI is InChI=1S/C14H30BN2O4P/c1-9(2)16-22(19,17-10(3)4)14(13(18)20-5)21-12-7-6-11(15)8-12/h9-12,14H,6-8,15H2,1-5H3,(H2,16,17,19). The topological polar surface area (TPSA) is 76.7 Å². The van der Waals surface area contributed by atoms with Crippen molar-refractivity contribution in [2.24, 2.45) is 0 Å². The first-order valence-corrected chi connectivity index (χ1v) is 9.84. The van der Waals surface area contributed by atoms with Gasteiger partial charge in [-0.15, -0.1) is 0 Å². The van der Waals surface area contributed by atoms with Crippen molar-refractivity contribution in [2.45, 2.75) is 76.8 Å². The van der Waals surface area contributed by atoms with Crippen LogP contribution in [0.4, 0.5) is 0 Å². The van der Waals surface area contributed by atoms with Crippen LogP contribution >= 0.6 is 7.44 Å². The molecule has 0 aliphatic heterocycles. The van der Waals surface area contributed by atoms with Crippen LogP contribution in [-0.2, 0) is 18.8 Å². The zero-order chi connectivity index (χ0) is 16.9. The van der Waals surface area contributed by atoms with Crippen molar-refractivity contribution >= 4 is 21.3 Å². The molecule has 0 aromatic rings. The maximum absolute atomic E-state index is 13.4. The van der Waals surface area contributed by atoms with E-state index in [-0.39, 0.29) is 18.2 Å². The second-order valence-corrected chi connectivity index (χ2v) is 9.08. The summed E-state index contributed by atoms with van der Waals surface area (Å²) in [5.74, 6) is -1.14. The fourth-order valence-electron chi connectivity index (χ4n) is 2.79. The van der Waals surface area contributed by atoms with E-state index in [1.54, 1.807) is 0 Å². The molecule has 0 spiro atoms. The predicted molar refractivity (Wildman–Crippen MR) is 91.0 cm³/mol. The lowest BCUT2D eigenvalue weighted by Crippen LogP contribution is -2.43. The fourth-order valence-corrected chi connectivity index (χ4v) is 5.42. The Balaban J connectivity index is 2.98. The lowest BCUT2D eigenvalue weighted by atomic mass is 9.86. The van der Waals surface area contributed by atoms with Crippen molar-refractivity contribution in [3.05, 3.63) is 0 Å². The first-order valence-electron chi connectivity index (χ1n) is 8.06. The molecule has 1 aliphatic carbocycles. The highest BCUT2D eigenvalue weighted by molar-refractivity contribution is 7.61. The van der Waals surface area contributed by atoms with Gasteiger partial charge in [-0.05, 0) is 40.5 Å². The van der Waals surface area contributed by atoms with Crippen molar-refractivity contribution in [3.8, 4) is 0 Å². The van der Waals surface area contributed by atoms with Crippen LogP contribution in [0.5, 0.6) is 0 Å². The van der Waals surface area contributed by atoms with Crippen LogP contribution in [-0.4, -0.2) is 45.0 Å². The van der Waals surface area contributed by atoms with Gasteiger partial charge in [-0.25, -0.2) is 15.0 Å². The molecule has 3 unspecified atom stereocenters. The predicted octanol–water partition coefficient (Wildman–Crippen LogP) is 1.67. The van der Waals surface area contributed by atoms with Crippen LogP contribution in [0.1, 0.15) is 47.0 Å². The van der Waals surface area contributed by atoms with Crippen molar-refractivity contribution in [1.82, 2.24) is 10.2 Å². The molecular formula is C14H30BN2O4P. The summed E-state index contributed by atoms with van der Waals surface area (Å²) < 4.78 is 24.1. The largest absolute Gasteiger partial charge is 0.467 e. The number of rotatable bonds is 8. The minimum atomic E-state index is -3.28. The molecule has 0 bridgehead atoms. The molecule has 1 fully saturated rings. The monoisotopic (exact) mass is 332 g/mol. The maximum Gasteiger partial charge on any atom is 0.345 e. The average Bonchev–Trinajstić information content (AvgIpc) is 2.78. The van der Waals surface area contributed by atoms with Gasteiger partial charge in [0.25, 0.3) is 7.44 Å². The third kappa shape index (κ3) is 5.69. The first kappa shape index (κ1) is 19.7. The molecule has 128 valence electrons. The highest BCUT2D eigenvalue weighted by Crippen LogP contribution is 2.46. The Labute approximate surface area is 135 Å². The van der Waals surface area contributed by atoms with Gasteiger partial charge in [0.1, 0.15) is 7.85 Å². The molecule has 0 aromatic carbocycles. The molecule has 8 heteroatoms. The zero-order valence-electron chi connectivity index (χ0n) is 14.6. The van der Waals surface area contributed by atoms with E-state index in [0.29, 0.717) is 5.82 Å². The van der Waals surface area contributed by atoms with Crippen LogP contribution in [0.25, 0.3) is 0 Å². The molecule has 0 radical (unpaired) electrons. The van der Waals surface area contributed by atoms with Crippen LogP contribution < -0.4 is 10.2 Å². The van der Waals surface area contributed by atoms with Gasteiger partial charge in [-0.1, -0.05) is 12.2 Å². The van der Waals surface area contributed by atoms with Crippen molar-refractivity contribution in [2.75, 3.05) is 7.11 Å². The molecule has 0 amide bonds. The summed E-state index contributed by atoms with van der Waals surface area (Å²) >= 11 is 0. The number of esters is 1. The number of hydrogen-bond acceptors (Lipinski definition) is 4. The Morgan fingerprint density at radius 2 is 1.73 bits per heavy atom. The van der Waals surface area contributed by atoms with Gasteiger partial charge in [0.15, 0.2) is 0 Å². The molecule has 0 saturated heterocycles. The summed E-state index contributed by atoms with van der Waals surface area (Å²) in [4.78, 5) is 12.2. The Bertz CT molecular complexity index is 406. The van der Waals surface area contributed by atoms with E-state index < -0.39 is 19.3 Å². The summed E-state index contributed by atoms with van der Waals surface area (Å²) in [6, 6.07) is -0.0920. The quantitative estimate of drug-likeness (QED) is 0.400. The molecule has 0 heterocycles. The molecule has 22 heavy (non-hydrogen) atoms. The maximum atomic E-state index is 13.4. The molecule has 1 aliphatic rings. The summed E-state index contributed by atoms with van der Waals surface area (Å²) in [5, 5.41) is 6.01. The number of methoxy groups -OCH3 is 1. The van der Waals surface area contributed by atoms with Crippen LogP contribution in [0.15, 0.2) is 0 Å². The van der Waals surface area contributed by atoms with E-state index in [4.69, 9.17) is 9.47 Å². The Morgan fingerprint density at radius 3 is 2.09 bits per heavy atom. The third-order valence-corrected chi connectivity index (χ3v) is 6.39. The van der Waals surface area contributed by atoms with E-state index in [2.05, 4.69) is 18.0 Å². The molecule has 1 saturated carbocycles. The smallest absolute Gasteiger partial charge is 0.345 e. The van der Waals surface area contributed by atoms with Gasteiger partial charge in [-0.2, -0.15) is 0 Å². The highest BCUT2D eigenvalue weighted by Gasteiger charge is 2.43. The lowest BCUT2D eigenvalue weighted by Gasteiger charge is -2.32. The minimum absolute atomic E-state index is 0.0460. The first-order chi connectivity index (χ1) is 10.2. The molecular weight excluding hydrogens is 302 g/mol. The highest BCUT2D eigenvalue weighted by atomic mass is 31.2. The SMILES string of the molecule is BC1CCC(OC(C(=O)OC)P(=O)(NC(C)C)NC(C)C)C1. The number of nitrogens with one attached hydrogen (secondary N) is 2. The number of ether oxygens (including phenoxy) is 2. The Hall–Kier alpha value is -0.355. The number of carbonyl (C=O) groups excluding carboxylic acids is 1. The van der Waals surface area contributed by atoms with Crippen molar-refractivity contribution < 1.29 is 18.8 Å². The van der Waals surface area contributed by atoms with Gasteiger partial charge in [0, 0.05) is 12.1 Å². The van der Waals surface area contributed by atoms with Gasteiger partial charge < -0.3 is 9.47 Å². The average molecular weight is 332 g/mol. The molecule has 0 aromatic heterocycles. The molecule has 6 nitrogen and oxygen atoms in total. The van der Waals surface area contributed by atoms with Gasteiger partial charge in [0.2, 0.25) is 5.85 Å². The Kier molecular flexibility index (Phi) is 7.59. The van der Waals surface area contributed by atoms with Crippen LogP contribution in [0.3, 0.4) is 0 Å². The summed E-state index contributed by atoms with van der Waals surface area (Å²) in [6.45, 7) is 7.56. The third-order valence-electron chi connectivity index (χ3n) is 3.60. The van der Waals surface area contributed by atoms with Crippen LogP contribution in [0, 0.1) is 0 Å². The van der Waals surface area contributed by atoms with E-state index in [1.807, 2.05) is 27.7 Å². The van der Waals surface area contributed by atoms with Gasteiger partial charge >= 0.3 is 5.97 Å². The summed E-state index contributed by atoms with van der Waals surface area (Å²) in [5.41, 5.74) is 0. The minimum Gasteiger partial charge on any atom is -0.467 e.